The third-order valence-electron chi connectivity index (χ3n) is 6.02. The van der Waals surface area contributed by atoms with Gasteiger partial charge in [0.2, 0.25) is 0 Å². The van der Waals surface area contributed by atoms with Gasteiger partial charge in [-0.25, -0.2) is 4.98 Å². The lowest BCUT2D eigenvalue weighted by atomic mass is 9.92. The molecule has 3 aromatic rings. The molecule has 0 atom stereocenters. The van der Waals surface area contributed by atoms with E-state index in [1.54, 1.807) is 49.8 Å². The minimum atomic E-state index is -0.101. The first kappa shape index (κ1) is 23.5. The highest BCUT2D eigenvalue weighted by Crippen LogP contribution is 2.33. The lowest BCUT2D eigenvalue weighted by molar-refractivity contribution is 0.0951. The van der Waals surface area contributed by atoms with Crippen LogP contribution in [0.1, 0.15) is 45.3 Å². The maximum absolute atomic E-state index is 12.4. The van der Waals surface area contributed by atoms with Crippen molar-refractivity contribution in [1.82, 2.24) is 15.2 Å². The Morgan fingerprint density at radius 1 is 1.12 bits per heavy atom. The van der Waals surface area contributed by atoms with Gasteiger partial charge in [-0.1, -0.05) is 17.7 Å². The summed E-state index contributed by atoms with van der Waals surface area (Å²) in [6.45, 7) is 3.39. The number of piperidine rings is 1. The van der Waals surface area contributed by atoms with E-state index in [-0.39, 0.29) is 5.91 Å². The summed E-state index contributed by atoms with van der Waals surface area (Å²) in [5.41, 5.74) is 4.83. The third-order valence-corrected chi connectivity index (χ3v) is 7.12. The highest BCUT2D eigenvalue weighted by molar-refractivity contribution is 7.09. The van der Waals surface area contributed by atoms with Gasteiger partial charge in [-0.15, -0.1) is 11.3 Å². The van der Waals surface area contributed by atoms with Gasteiger partial charge in [0.05, 0.1) is 32.0 Å². The summed E-state index contributed by atoms with van der Waals surface area (Å²) < 4.78 is 10.8. The summed E-state index contributed by atoms with van der Waals surface area (Å²) in [5.74, 6) is 1.83. The Hall–Kier alpha value is -2.61. The quantitative estimate of drug-likeness (QED) is 0.479. The second-order valence-corrected chi connectivity index (χ2v) is 9.47. The number of nitrogens with zero attached hydrogens (tertiary/aromatic N) is 2. The molecule has 8 heteroatoms. The molecule has 33 heavy (non-hydrogen) atoms. The zero-order valence-electron chi connectivity index (χ0n) is 18.8. The maximum Gasteiger partial charge on any atom is 0.251 e. The number of aromatic nitrogens is 1. The molecule has 1 saturated heterocycles. The third kappa shape index (κ3) is 5.85. The van der Waals surface area contributed by atoms with Crippen LogP contribution in [0.5, 0.6) is 11.5 Å². The molecule has 0 radical (unpaired) electrons. The molecule has 0 unspecified atom stereocenters. The molecule has 1 aliphatic rings. The number of thiazole rings is 1. The van der Waals surface area contributed by atoms with Crippen molar-refractivity contribution in [3.63, 3.8) is 0 Å². The van der Waals surface area contributed by atoms with E-state index in [2.05, 4.69) is 21.3 Å². The Kier molecular flexibility index (Phi) is 7.85. The Balaban J connectivity index is 1.31. The summed E-state index contributed by atoms with van der Waals surface area (Å²) in [6, 6.07) is 13.0. The number of hydrogen-bond acceptors (Lipinski definition) is 6. The summed E-state index contributed by atoms with van der Waals surface area (Å²) in [6.07, 6.45) is 2.10. The van der Waals surface area contributed by atoms with Crippen LogP contribution in [0.3, 0.4) is 0 Å². The Labute approximate surface area is 203 Å². The summed E-state index contributed by atoms with van der Waals surface area (Å²) >= 11 is 7.52. The number of benzene rings is 2. The van der Waals surface area contributed by atoms with E-state index in [1.807, 2.05) is 17.6 Å². The van der Waals surface area contributed by atoms with Crippen molar-refractivity contribution < 1.29 is 14.3 Å². The number of halogens is 1. The minimum Gasteiger partial charge on any atom is -0.493 e. The first-order chi connectivity index (χ1) is 16.1. The first-order valence-corrected chi connectivity index (χ1v) is 12.2. The summed E-state index contributed by atoms with van der Waals surface area (Å²) in [4.78, 5) is 20.7. The van der Waals surface area contributed by atoms with Gasteiger partial charge in [-0.2, -0.15) is 0 Å². The molecule has 1 aliphatic heterocycles. The molecule has 0 aliphatic carbocycles. The van der Waals surface area contributed by atoms with E-state index < -0.39 is 0 Å². The molecular weight excluding hydrogens is 458 g/mol. The predicted octanol–water partition coefficient (Wildman–Crippen LogP) is 5.12. The highest BCUT2D eigenvalue weighted by Gasteiger charge is 2.25. The van der Waals surface area contributed by atoms with E-state index in [1.165, 1.54) is 5.56 Å². The number of methoxy groups -OCH3 is 2. The number of ether oxygens (including phenoxy) is 2. The fourth-order valence-corrected chi connectivity index (χ4v) is 5.13. The second kappa shape index (κ2) is 11.0. The van der Waals surface area contributed by atoms with Gasteiger partial charge in [0, 0.05) is 27.9 Å². The van der Waals surface area contributed by atoms with Crippen molar-refractivity contribution >= 4 is 28.8 Å². The number of carbonyl (C=O) groups is 1. The number of hydrogen-bond donors (Lipinski definition) is 1. The zero-order valence-corrected chi connectivity index (χ0v) is 20.4. The van der Waals surface area contributed by atoms with Crippen LogP contribution in [0.4, 0.5) is 0 Å². The highest BCUT2D eigenvalue weighted by atomic mass is 35.5. The van der Waals surface area contributed by atoms with Crippen LogP contribution >= 0.6 is 22.9 Å². The lowest BCUT2D eigenvalue weighted by Gasteiger charge is -2.31. The van der Waals surface area contributed by atoms with E-state index >= 15 is 0 Å². The number of likely N-dealkylation sites (tertiary alicyclic amines) is 1. The molecule has 4 rings (SSSR count). The van der Waals surface area contributed by atoms with Crippen molar-refractivity contribution in [2.45, 2.75) is 31.8 Å². The number of nitrogens with one attached hydrogen (secondary N) is 1. The van der Waals surface area contributed by atoms with Crippen molar-refractivity contribution in [1.29, 1.82) is 0 Å². The van der Waals surface area contributed by atoms with Gasteiger partial charge in [-0.05, 0) is 67.9 Å². The van der Waals surface area contributed by atoms with E-state index in [9.17, 15) is 4.79 Å². The van der Waals surface area contributed by atoms with Gasteiger partial charge in [0.1, 0.15) is 0 Å². The van der Waals surface area contributed by atoms with Gasteiger partial charge in [-0.3, -0.25) is 9.69 Å². The van der Waals surface area contributed by atoms with Crippen LogP contribution in [0.25, 0.3) is 0 Å². The molecule has 1 amide bonds. The molecule has 6 nitrogen and oxygen atoms in total. The fourth-order valence-electron chi connectivity index (χ4n) is 4.21. The van der Waals surface area contributed by atoms with Gasteiger partial charge < -0.3 is 14.8 Å². The maximum atomic E-state index is 12.4. The molecule has 0 saturated carbocycles. The smallest absolute Gasteiger partial charge is 0.251 e. The van der Waals surface area contributed by atoms with Gasteiger partial charge >= 0.3 is 0 Å². The molecule has 1 aromatic heterocycles. The SMILES string of the molecule is COc1ccc(CN2CCC(c3ncsc3CNC(=O)c3ccc(Cl)cc3)CC2)cc1OC. The molecule has 1 N–H and O–H groups in total. The van der Waals surface area contributed by atoms with Crippen molar-refractivity contribution in [3.05, 3.63) is 74.7 Å². The normalized spacial score (nSPS) is 14.8. The Bertz CT molecular complexity index is 1080. The van der Waals surface area contributed by atoms with Crippen LogP contribution in [-0.4, -0.2) is 43.1 Å². The average Bonchev–Trinajstić information content (AvgIpc) is 3.32. The Morgan fingerprint density at radius 2 is 1.85 bits per heavy atom. The van der Waals surface area contributed by atoms with Crippen LogP contribution in [0.15, 0.2) is 48.0 Å². The molecule has 0 bridgehead atoms. The fraction of sp³-hybridized carbons (Fsp3) is 0.360. The van der Waals surface area contributed by atoms with E-state index in [4.69, 9.17) is 21.1 Å². The monoisotopic (exact) mass is 485 g/mol. The van der Waals surface area contributed by atoms with Gasteiger partial charge in [0.25, 0.3) is 5.91 Å². The average molecular weight is 486 g/mol. The standard InChI is InChI=1S/C25H28ClN3O3S/c1-31-21-8-3-17(13-22(21)32-2)15-29-11-9-18(10-12-29)24-23(33-16-28-24)14-27-25(30)19-4-6-20(26)7-5-19/h3-8,13,16,18H,9-12,14-15H2,1-2H3,(H,27,30). The van der Waals surface area contributed by atoms with Crippen LogP contribution < -0.4 is 14.8 Å². The molecule has 2 heterocycles. The van der Waals surface area contributed by atoms with Crippen molar-refractivity contribution in [3.8, 4) is 11.5 Å². The number of rotatable bonds is 8. The molecule has 174 valence electrons. The number of amides is 1. The Morgan fingerprint density at radius 3 is 2.55 bits per heavy atom. The van der Waals surface area contributed by atoms with Crippen LogP contribution in [0.2, 0.25) is 5.02 Å². The van der Waals surface area contributed by atoms with E-state index in [0.29, 0.717) is 23.0 Å². The molecule has 2 aromatic carbocycles. The molecule has 1 fully saturated rings. The topological polar surface area (TPSA) is 63.7 Å². The zero-order chi connectivity index (χ0) is 23.2. The first-order valence-electron chi connectivity index (χ1n) is 11.0. The number of carbonyl (C=O) groups excluding carboxylic acids is 1. The lowest BCUT2D eigenvalue weighted by Crippen LogP contribution is -2.33. The van der Waals surface area contributed by atoms with Crippen LogP contribution in [-0.2, 0) is 13.1 Å². The summed E-state index contributed by atoms with van der Waals surface area (Å²) in [7, 11) is 3.31. The predicted molar refractivity (Wildman–Crippen MR) is 132 cm³/mol. The summed E-state index contributed by atoms with van der Waals surface area (Å²) in [5, 5.41) is 3.64. The largest absolute Gasteiger partial charge is 0.493 e. The minimum absolute atomic E-state index is 0.101. The van der Waals surface area contributed by atoms with Gasteiger partial charge in [0.15, 0.2) is 11.5 Å². The van der Waals surface area contributed by atoms with Crippen LogP contribution in [0, 0.1) is 0 Å². The molecule has 0 spiro atoms. The molecular formula is C25H28ClN3O3S. The van der Waals surface area contributed by atoms with Crippen molar-refractivity contribution in [2.75, 3.05) is 27.3 Å². The van der Waals surface area contributed by atoms with Crippen molar-refractivity contribution in [2.24, 2.45) is 0 Å². The van der Waals surface area contributed by atoms with E-state index in [0.717, 1.165) is 54.5 Å². The second-order valence-electron chi connectivity index (χ2n) is 8.09.